The standard InChI is InChI=1S/C17H14ClF3N4O4S/c1-9-3-4-11(10(2)26)5-14(9)30(28,29)23-16(27)13-7-24-8-25(17(19,20)21)6-12(18)15(24)22-13/h3-7H,8H2,1-2H3,(H,23,27). The number of carbonyl (C=O) groups is 2. The summed E-state index contributed by atoms with van der Waals surface area (Å²) in [6, 6.07) is 4.00. The molecule has 1 aromatic carbocycles. The van der Waals surface area contributed by atoms with Crippen LogP contribution in [-0.4, -0.2) is 40.9 Å². The number of aryl methyl sites for hydroxylation is 1. The van der Waals surface area contributed by atoms with Crippen molar-refractivity contribution in [1.82, 2.24) is 19.2 Å². The second-order valence-corrected chi connectivity index (χ2v) is 8.50. The Morgan fingerprint density at radius 3 is 2.53 bits per heavy atom. The van der Waals surface area contributed by atoms with Gasteiger partial charge in [0.25, 0.3) is 15.9 Å². The highest BCUT2D eigenvalue weighted by Crippen LogP contribution is 2.31. The number of sulfonamides is 1. The minimum Gasteiger partial charge on any atom is -0.311 e. The molecule has 1 N–H and O–H groups in total. The fourth-order valence-corrected chi connectivity index (χ4v) is 4.22. The number of aromatic nitrogens is 2. The zero-order valence-corrected chi connectivity index (χ0v) is 17.1. The van der Waals surface area contributed by atoms with Gasteiger partial charge >= 0.3 is 6.30 Å². The lowest BCUT2D eigenvalue weighted by Crippen LogP contribution is -2.37. The highest BCUT2D eigenvalue weighted by Gasteiger charge is 2.38. The summed E-state index contributed by atoms with van der Waals surface area (Å²) < 4.78 is 66.8. The van der Waals surface area contributed by atoms with E-state index in [1.165, 1.54) is 26.0 Å². The first kappa shape index (κ1) is 21.8. The van der Waals surface area contributed by atoms with E-state index in [9.17, 15) is 31.2 Å². The molecule has 2 heterocycles. The number of ketones is 1. The molecule has 30 heavy (non-hydrogen) atoms. The lowest BCUT2D eigenvalue weighted by Gasteiger charge is -2.27. The molecule has 0 fully saturated rings. The first-order valence-electron chi connectivity index (χ1n) is 8.26. The van der Waals surface area contributed by atoms with Crippen molar-refractivity contribution >= 4 is 38.3 Å². The minimum atomic E-state index is -4.70. The van der Waals surface area contributed by atoms with Gasteiger partial charge in [-0.3, -0.25) is 14.5 Å². The summed E-state index contributed by atoms with van der Waals surface area (Å²) in [4.78, 5) is 27.5. The highest BCUT2D eigenvalue weighted by molar-refractivity contribution is 7.90. The lowest BCUT2D eigenvalue weighted by atomic mass is 10.1. The number of rotatable bonds is 4. The molecular formula is C17H14ClF3N4O4S. The van der Waals surface area contributed by atoms with Crippen molar-refractivity contribution in [3.63, 3.8) is 0 Å². The van der Waals surface area contributed by atoms with Crippen LogP contribution in [0.5, 0.6) is 0 Å². The van der Waals surface area contributed by atoms with Gasteiger partial charge in [0.05, 0.1) is 9.93 Å². The van der Waals surface area contributed by atoms with Crippen LogP contribution in [0.1, 0.15) is 39.2 Å². The molecule has 8 nitrogen and oxygen atoms in total. The van der Waals surface area contributed by atoms with Crippen molar-refractivity contribution in [3.8, 4) is 0 Å². The van der Waals surface area contributed by atoms with Crippen LogP contribution < -0.4 is 4.72 Å². The molecule has 0 aliphatic carbocycles. The summed E-state index contributed by atoms with van der Waals surface area (Å²) in [5, 5.41) is -0.370. The summed E-state index contributed by atoms with van der Waals surface area (Å²) in [7, 11) is -4.38. The Balaban J connectivity index is 1.89. The number of nitrogens with zero attached hydrogens (tertiary/aromatic N) is 3. The predicted octanol–water partition coefficient (Wildman–Crippen LogP) is 2.84. The number of hydrogen-bond donors (Lipinski definition) is 1. The summed E-state index contributed by atoms with van der Waals surface area (Å²) in [5.41, 5.74) is -0.0178. The Kier molecular flexibility index (Phi) is 5.41. The molecule has 0 atom stereocenters. The van der Waals surface area contributed by atoms with Gasteiger partial charge in [-0.25, -0.2) is 18.1 Å². The Morgan fingerprint density at radius 1 is 1.27 bits per heavy atom. The Labute approximate surface area is 174 Å². The van der Waals surface area contributed by atoms with E-state index in [4.69, 9.17) is 11.6 Å². The molecule has 0 spiro atoms. The SMILES string of the molecule is CC(=O)c1ccc(C)c(S(=O)(=O)NC(=O)c2cn3c(n2)C(Cl)=CN(C(F)(F)F)C3)c1. The summed E-state index contributed by atoms with van der Waals surface area (Å²) in [5.74, 6) is -1.64. The molecule has 1 aliphatic rings. The van der Waals surface area contributed by atoms with Crippen LogP contribution in [0, 0.1) is 6.92 Å². The molecule has 1 amide bonds. The van der Waals surface area contributed by atoms with E-state index in [0.717, 1.165) is 16.8 Å². The van der Waals surface area contributed by atoms with Gasteiger partial charge in [-0.2, -0.15) is 13.2 Å². The van der Waals surface area contributed by atoms with Crippen LogP contribution in [-0.2, 0) is 16.7 Å². The van der Waals surface area contributed by atoms with Gasteiger partial charge in [0.1, 0.15) is 12.4 Å². The largest absolute Gasteiger partial charge is 0.485 e. The second kappa shape index (κ2) is 7.43. The van der Waals surface area contributed by atoms with Crippen LogP contribution >= 0.6 is 11.6 Å². The first-order valence-corrected chi connectivity index (χ1v) is 10.1. The summed E-state index contributed by atoms with van der Waals surface area (Å²) >= 11 is 5.82. The molecule has 1 aliphatic heterocycles. The predicted molar refractivity (Wildman–Crippen MR) is 99.8 cm³/mol. The maximum absolute atomic E-state index is 12.9. The van der Waals surface area contributed by atoms with Gasteiger partial charge in [0.2, 0.25) is 0 Å². The molecule has 1 aromatic heterocycles. The van der Waals surface area contributed by atoms with Gasteiger partial charge in [-0.05, 0) is 25.5 Å². The number of halogens is 4. The lowest BCUT2D eigenvalue weighted by molar-refractivity contribution is -0.237. The number of fused-ring (bicyclic) bond motifs is 1. The molecule has 0 saturated carbocycles. The minimum absolute atomic E-state index is 0.0148. The monoisotopic (exact) mass is 462 g/mol. The molecule has 2 aromatic rings. The van der Waals surface area contributed by atoms with E-state index in [0.29, 0.717) is 6.20 Å². The van der Waals surface area contributed by atoms with Crippen molar-refractivity contribution in [2.24, 2.45) is 0 Å². The van der Waals surface area contributed by atoms with Gasteiger partial charge in [0.15, 0.2) is 11.6 Å². The Bertz CT molecular complexity index is 1190. The van der Waals surface area contributed by atoms with E-state index in [2.05, 4.69) is 4.98 Å². The van der Waals surface area contributed by atoms with E-state index in [1.54, 1.807) is 0 Å². The average Bonchev–Trinajstić information content (AvgIpc) is 3.05. The van der Waals surface area contributed by atoms with Crippen LogP contribution in [0.2, 0.25) is 0 Å². The maximum atomic E-state index is 12.9. The van der Waals surface area contributed by atoms with Crippen LogP contribution in [0.3, 0.4) is 0 Å². The molecule has 13 heteroatoms. The van der Waals surface area contributed by atoms with Gasteiger partial charge in [0, 0.05) is 18.0 Å². The van der Waals surface area contributed by atoms with Crippen molar-refractivity contribution in [3.05, 3.63) is 53.2 Å². The molecule has 0 unspecified atom stereocenters. The van der Waals surface area contributed by atoms with E-state index in [1.807, 2.05) is 4.72 Å². The van der Waals surface area contributed by atoms with Crippen molar-refractivity contribution in [2.75, 3.05) is 0 Å². The third kappa shape index (κ3) is 4.19. The number of benzene rings is 1. The second-order valence-electron chi connectivity index (χ2n) is 6.45. The zero-order valence-electron chi connectivity index (χ0n) is 15.5. The van der Waals surface area contributed by atoms with E-state index >= 15 is 0 Å². The maximum Gasteiger partial charge on any atom is 0.485 e. The average molecular weight is 463 g/mol. The van der Waals surface area contributed by atoms with Crippen molar-refractivity contribution in [2.45, 2.75) is 31.7 Å². The number of Topliss-reactive ketones (excluding diaryl/α,β-unsaturated/α-hetero) is 1. The molecule has 3 rings (SSSR count). The molecule has 0 radical (unpaired) electrons. The van der Waals surface area contributed by atoms with Crippen LogP contribution in [0.4, 0.5) is 13.2 Å². The van der Waals surface area contributed by atoms with Crippen molar-refractivity contribution in [1.29, 1.82) is 0 Å². The van der Waals surface area contributed by atoms with Crippen LogP contribution in [0.25, 0.3) is 5.03 Å². The molecular weight excluding hydrogens is 449 g/mol. The summed E-state index contributed by atoms with van der Waals surface area (Å²) in [6.07, 6.45) is -3.11. The van der Waals surface area contributed by atoms with Gasteiger partial charge in [-0.15, -0.1) is 0 Å². The Hall–Kier alpha value is -2.86. The highest BCUT2D eigenvalue weighted by atomic mass is 35.5. The third-order valence-corrected chi connectivity index (χ3v) is 5.97. The number of hydrogen-bond acceptors (Lipinski definition) is 6. The van der Waals surface area contributed by atoms with E-state index in [-0.39, 0.29) is 37.6 Å². The fraction of sp³-hybridized carbons (Fsp3) is 0.235. The smallest absolute Gasteiger partial charge is 0.311 e. The number of nitrogens with one attached hydrogen (secondary N) is 1. The number of alkyl halides is 3. The topological polar surface area (TPSA) is 101 Å². The molecule has 160 valence electrons. The Morgan fingerprint density at radius 2 is 1.93 bits per heavy atom. The van der Waals surface area contributed by atoms with E-state index < -0.39 is 34.6 Å². The van der Waals surface area contributed by atoms with Crippen molar-refractivity contribution < 1.29 is 31.2 Å². The number of carbonyl (C=O) groups excluding carboxylic acids is 2. The third-order valence-electron chi connectivity index (χ3n) is 4.23. The van der Waals surface area contributed by atoms with Crippen LogP contribution in [0.15, 0.2) is 35.5 Å². The summed E-state index contributed by atoms with van der Waals surface area (Å²) in [6.45, 7) is 2.03. The molecule has 0 saturated heterocycles. The first-order chi connectivity index (χ1) is 13.8. The molecule has 0 bridgehead atoms. The quantitative estimate of drug-likeness (QED) is 0.554. The number of amides is 1. The zero-order chi connectivity index (χ0) is 22.4. The number of imidazole rings is 1. The fourth-order valence-electron chi connectivity index (χ4n) is 2.71. The normalized spacial score (nSPS) is 14.2. The van der Waals surface area contributed by atoms with Gasteiger partial charge in [-0.1, -0.05) is 23.7 Å². The van der Waals surface area contributed by atoms with Gasteiger partial charge < -0.3 is 4.57 Å².